The predicted octanol–water partition coefficient (Wildman–Crippen LogP) is 0.974. The minimum absolute atomic E-state index is 0.117. The molecule has 2 heterocycles. The van der Waals surface area contributed by atoms with Crippen molar-refractivity contribution in [2.45, 2.75) is 45.6 Å². The van der Waals surface area contributed by atoms with Crippen LogP contribution < -0.4 is 5.32 Å². The number of nitrogens with zero attached hydrogens (tertiary/aromatic N) is 3. The maximum absolute atomic E-state index is 11.8. The van der Waals surface area contributed by atoms with E-state index < -0.39 is 0 Å². The van der Waals surface area contributed by atoms with E-state index in [1.54, 1.807) is 6.20 Å². The van der Waals surface area contributed by atoms with Gasteiger partial charge in [0.15, 0.2) is 0 Å². The highest BCUT2D eigenvalue weighted by atomic mass is 16.1. The van der Waals surface area contributed by atoms with Gasteiger partial charge in [-0.2, -0.15) is 0 Å². The summed E-state index contributed by atoms with van der Waals surface area (Å²) >= 11 is 0. The first-order valence-corrected chi connectivity index (χ1v) is 7.51. The van der Waals surface area contributed by atoms with Crippen LogP contribution >= 0.6 is 0 Å². The lowest BCUT2D eigenvalue weighted by atomic mass is 9.96. The molecular weight excluding hydrogens is 254 g/mol. The Bertz CT molecular complexity index is 396. The van der Waals surface area contributed by atoms with Crippen molar-refractivity contribution in [3.63, 3.8) is 0 Å². The molecule has 1 saturated heterocycles. The van der Waals surface area contributed by atoms with E-state index in [-0.39, 0.29) is 5.91 Å². The highest BCUT2D eigenvalue weighted by Gasteiger charge is 2.20. The maximum atomic E-state index is 11.8. The topological polar surface area (TPSA) is 73.9 Å². The molecule has 1 amide bonds. The van der Waals surface area contributed by atoms with Crippen LogP contribution in [-0.2, 0) is 11.2 Å². The van der Waals surface area contributed by atoms with E-state index in [0.29, 0.717) is 24.8 Å². The van der Waals surface area contributed by atoms with Gasteiger partial charge in [-0.05, 0) is 52.1 Å². The number of rotatable bonds is 6. The van der Waals surface area contributed by atoms with E-state index in [1.807, 2.05) is 0 Å². The number of piperidine rings is 1. The number of hydrogen-bond acceptors (Lipinski definition) is 4. The molecule has 1 aromatic rings. The van der Waals surface area contributed by atoms with Gasteiger partial charge in [0.1, 0.15) is 0 Å². The molecule has 0 radical (unpaired) electrons. The normalized spacial score (nSPS) is 17.6. The summed E-state index contributed by atoms with van der Waals surface area (Å²) in [5, 5.41) is 13.1. The van der Waals surface area contributed by atoms with Gasteiger partial charge in [-0.25, -0.2) is 0 Å². The third kappa shape index (κ3) is 4.59. The van der Waals surface area contributed by atoms with Crippen LogP contribution in [0.15, 0.2) is 6.20 Å². The van der Waals surface area contributed by atoms with Crippen LogP contribution in [-0.4, -0.2) is 51.9 Å². The molecular formula is C14H25N5O. The Morgan fingerprint density at radius 1 is 1.50 bits per heavy atom. The summed E-state index contributed by atoms with van der Waals surface area (Å²) in [6.45, 7) is 7.60. The first kappa shape index (κ1) is 15.0. The summed E-state index contributed by atoms with van der Waals surface area (Å²) in [4.78, 5) is 14.3. The van der Waals surface area contributed by atoms with Crippen LogP contribution in [0.3, 0.4) is 0 Å². The number of amides is 1. The van der Waals surface area contributed by atoms with E-state index >= 15 is 0 Å². The molecule has 112 valence electrons. The molecule has 0 bridgehead atoms. The van der Waals surface area contributed by atoms with Gasteiger partial charge in [0, 0.05) is 19.0 Å². The summed E-state index contributed by atoms with van der Waals surface area (Å²) in [7, 11) is 0. The molecule has 1 fully saturated rings. The van der Waals surface area contributed by atoms with E-state index in [2.05, 4.69) is 39.5 Å². The summed E-state index contributed by atoms with van der Waals surface area (Å²) in [6.07, 6.45) is 5.19. The van der Waals surface area contributed by atoms with Gasteiger partial charge in [-0.3, -0.25) is 9.89 Å². The standard InChI is InChI=1S/C14H25N5O/c1-11(2)19-7-5-12(6-8-19)9-15-14(20)4-3-13-10-16-18-17-13/h10-12H,3-9H2,1-2H3,(H,15,20)(H,16,17,18). The van der Waals surface area contributed by atoms with Crippen molar-refractivity contribution in [3.8, 4) is 0 Å². The highest BCUT2D eigenvalue weighted by Crippen LogP contribution is 2.18. The van der Waals surface area contributed by atoms with Crippen LogP contribution in [0.5, 0.6) is 0 Å². The van der Waals surface area contributed by atoms with Crippen molar-refractivity contribution in [2.75, 3.05) is 19.6 Å². The Kier molecular flexibility index (Phi) is 5.52. The molecule has 1 aromatic heterocycles. The molecule has 0 atom stereocenters. The van der Waals surface area contributed by atoms with E-state index in [4.69, 9.17) is 0 Å². The molecule has 6 heteroatoms. The van der Waals surface area contributed by atoms with Gasteiger partial charge in [0.2, 0.25) is 5.91 Å². The van der Waals surface area contributed by atoms with Gasteiger partial charge < -0.3 is 10.2 Å². The molecule has 2 N–H and O–H groups in total. The summed E-state index contributed by atoms with van der Waals surface area (Å²) in [5.74, 6) is 0.744. The van der Waals surface area contributed by atoms with Crippen molar-refractivity contribution >= 4 is 5.91 Å². The minimum Gasteiger partial charge on any atom is -0.356 e. The molecule has 1 aliphatic heterocycles. The number of aromatic amines is 1. The Morgan fingerprint density at radius 2 is 2.25 bits per heavy atom. The quantitative estimate of drug-likeness (QED) is 0.814. The fourth-order valence-electron chi connectivity index (χ4n) is 2.61. The Labute approximate surface area is 120 Å². The highest BCUT2D eigenvalue weighted by molar-refractivity contribution is 5.76. The lowest BCUT2D eigenvalue weighted by Gasteiger charge is -2.34. The molecule has 0 saturated carbocycles. The molecule has 1 aliphatic rings. The number of carbonyl (C=O) groups is 1. The molecule has 0 unspecified atom stereocenters. The van der Waals surface area contributed by atoms with Crippen LogP contribution in [0, 0.1) is 5.92 Å². The molecule has 2 rings (SSSR count). The molecule has 0 aromatic carbocycles. The average Bonchev–Trinajstić information content (AvgIpc) is 2.96. The monoisotopic (exact) mass is 279 g/mol. The average molecular weight is 279 g/mol. The number of aryl methyl sites for hydroxylation is 1. The molecule has 0 spiro atoms. The smallest absolute Gasteiger partial charge is 0.220 e. The van der Waals surface area contributed by atoms with Crippen molar-refractivity contribution in [1.29, 1.82) is 0 Å². The second-order valence-corrected chi connectivity index (χ2v) is 5.86. The number of likely N-dealkylation sites (tertiary alicyclic amines) is 1. The van der Waals surface area contributed by atoms with E-state index in [1.165, 1.54) is 12.8 Å². The number of H-pyrrole nitrogens is 1. The Hall–Kier alpha value is -1.43. The van der Waals surface area contributed by atoms with Crippen LogP contribution in [0.2, 0.25) is 0 Å². The van der Waals surface area contributed by atoms with E-state index in [0.717, 1.165) is 25.3 Å². The van der Waals surface area contributed by atoms with Crippen LogP contribution in [0.25, 0.3) is 0 Å². The van der Waals surface area contributed by atoms with Gasteiger partial charge in [0.25, 0.3) is 0 Å². The lowest BCUT2D eigenvalue weighted by Crippen LogP contribution is -2.41. The van der Waals surface area contributed by atoms with Gasteiger partial charge in [-0.1, -0.05) is 5.21 Å². The zero-order chi connectivity index (χ0) is 14.4. The van der Waals surface area contributed by atoms with Crippen LogP contribution in [0.4, 0.5) is 0 Å². The van der Waals surface area contributed by atoms with Crippen molar-refractivity contribution < 1.29 is 4.79 Å². The maximum Gasteiger partial charge on any atom is 0.220 e. The number of carbonyl (C=O) groups excluding carboxylic acids is 1. The molecule has 20 heavy (non-hydrogen) atoms. The lowest BCUT2D eigenvalue weighted by molar-refractivity contribution is -0.121. The van der Waals surface area contributed by atoms with Gasteiger partial charge in [0.05, 0.1) is 11.9 Å². The van der Waals surface area contributed by atoms with E-state index in [9.17, 15) is 4.79 Å². The third-order valence-corrected chi connectivity index (χ3v) is 4.05. The number of nitrogens with one attached hydrogen (secondary N) is 2. The first-order chi connectivity index (χ1) is 9.65. The minimum atomic E-state index is 0.117. The largest absolute Gasteiger partial charge is 0.356 e. The zero-order valence-corrected chi connectivity index (χ0v) is 12.4. The van der Waals surface area contributed by atoms with Crippen LogP contribution in [0.1, 0.15) is 38.8 Å². The Morgan fingerprint density at radius 3 is 2.85 bits per heavy atom. The van der Waals surface area contributed by atoms with Gasteiger partial charge >= 0.3 is 0 Å². The summed E-state index contributed by atoms with van der Waals surface area (Å²) < 4.78 is 0. The third-order valence-electron chi connectivity index (χ3n) is 4.05. The van der Waals surface area contributed by atoms with Crippen molar-refractivity contribution in [2.24, 2.45) is 5.92 Å². The fourth-order valence-corrected chi connectivity index (χ4v) is 2.61. The summed E-state index contributed by atoms with van der Waals surface area (Å²) in [5.41, 5.74) is 0.908. The first-order valence-electron chi connectivity index (χ1n) is 7.51. The second kappa shape index (κ2) is 7.38. The predicted molar refractivity (Wildman–Crippen MR) is 77.1 cm³/mol. The van der Waals surface area contributed by atoms with Crippen molar-refractivity contribution in [3.05, 3.63) is 11.9 Å². The SMILES string of the molecule is CC(C)N1CCC(CNC(=O)CCc2cnn[nH]2)CC1. The fraction of sp³-hybridized carbons (Fsp3) is 0.786. The number of hydrogen-bond donors (Lipinski definition) is 2. The number of aromatic nitrogens is 3. The van der Waals surface area contributed by atoms with Crippen molar-refractivity contribution in [1.82, 2.24) is 25.6 Å². The van der Waals surface area contributed by atoms with Gasteiger partial charge in [-0.15, -0.1) is 5.10 Å². The molecule has 6 nitrogen and oxygen atoms in total. The second-order valence-electron chi connectivity index (χ2n) is 5.86. The Balaban J connectivity index is 1.59. The zero-order valence-electron chi connectivity index (χ0n) is 12.4. The molecule has 0 aliphatic carbocycles. The summed E-state index contributed by atoms with van der Waals surface area (Å²) in [6, 6.07) is 0.633.